The summed E-state index contributed by atoms with van der Waals surface area (Å²) in [6, 6.07) is 27.0. The fourth-order valence-corrected chi connectivity index (χ4v) is 4.93. The molecule has 0 aromatic heterocycles. The third-order valence-electron chi connectivity index (χ3n) is 6.03. The van der Waals surface area contributed by atoms with Gasteiger partial charge < -0.3 is 0 Å². The fraction of sp³-hybridized carbons (Fsp3) is 0.200. The van der Waals surface area contributed by atoms with Crippen molar-refractivity contribution in [1.29, 1.82) is 0 Å². The van der Waals surface area contributed by atoms with E-state index < -0.39 is 0 Å². The van der Waals surface area contributed by atoms with Gasteiger partial charge in [-0.05, 0) is 97.2 Å². The molecule has 0 unspecified atom stereocenters. The minimum atomic E-state index is 1.25. The summed E-state index contributed by atoms with van der Waals surface area (Å²) in [5.41, 5.74) is 15.8. The molecule has 0 fully saturated rings. The Balaban J connectivity index is 1.65. The zero-order valence-corrected chi connectivity index (χ0v) is 18.9. The van der Waals surface area contributed by atoms with E-state index in [9.17, 15) is 0 Å². The minimum absolute atomic E-state index is 1.25. The van der Waals surface area contributed by atoms with Crippen LogP contribution in [-0.2, 0) is 0 Å². The largest absolute Gasteiger partial charge is 0.0557 e. The summed E-state index contributed by atoms with van der Waals surface area (Å²) in [7, 11) is 0. The van der Waals surface area contributed by atoms with E-state index in [4.69, 9.17) is 0 Å². The quantitative estimate of drug-likeness (QED) is 0.329. The van der Waals surface area contributed by atoms with Crippen molar-refractivity contribution < 1.29 is 0 Å². The number of benzene rings is 4. The first-order valence-electron chi connectivity index (χ1n) is 10.7. The molecule has 0 nitrogen and oxygen atoms in total. The van der Waals surface area contributed by atoms with Crippen LogP contribution in [-0.4, -0.2) is 0 Å². The Morgan fingerprint density at radius 2 is 0.567 bits per heavy atom. The van der Waals surface area contributed by atoms with Crippen LogP contribution in [0, 0.1) is 41.5 Å². The molecule has 150 valence electrons. The molecule has 0 aliphatic rings. The topological polar surface area (TPSA) is 0 Å². The normalized spacial score (nSPS) is 11.0. The summed E-state index contributed by atoms with van der Waals surface area (Å²) in [6.07, 6.45) is 0. The lowest BCUT2D eigenvalue weighted by Crippen LogP contribution is -1.91. The summed E-state index contributed by atoms with van der Waals surface area (Å²) in [5, 5.41) is 0. The number of hydrogen-bond acceptors (Lipinski definition) is 0. The van der Waals surface area contributed by atoms with Crippen LogP contribution in [0.25, 0.3) is 33.4 Å². The van der Waals surface area contributed by atoms with Crippen molar-refractivity contribution in [3.05, 3.63) is 106 Å². The Kier molecular flexibility index (Phi) is 5.35. The van der Waals surface area contributed by atoms with Gasteiger partial charge in [-0.15, -0.1) is 0 Å². The second kappa shape index (κ2) is 7.95. The molecule has 0 aliphatic carbocycles. The van der Waals surface area contributed by atoms with E-state index in [0.717, 1.165) is 0 Å². The molecule has 0 amide bonds. The lowest BCUT2D eigenvalue weighted by molar-refractivity contribution is 1.32. The van der Waals surface area contributed by atoms with Crippen molar-refractivity contribution >= 4 is 0 Å². The first-order valence-corrected chi connectivity index (χ1v) is 10.7. The van der Waals surface area contributed by atoms with Gasteiger partial charge in [0.1, 0.15) is 0 Å². The van der Waals surface area contributed by atoms with E-state index >= 15 is 0 Å². The van der Waals surface area contributed by atoms with Crippen molar-refractivity contribution in [2.24, 2.45) is 0 Å². The second-order valence-electron chi connectivity index (χ2n) is 8.70. The molecule has 0 heterocycles. The summed E-state index contributed by atoms with van der Waals surface area (Å²) in [6.45, 7) is 13.1. The van der Waals surface area contributed by atoms with E-state index in [0.29, 0.717) is 0 Å². The van der Waals surface area contributed by atoms with Crippen molar-refractivity contribution in [3.8, 4) is 33.4 Å². The van der Waals surface area contributed by atoms with E-state index in [1.807, 2.05) is 0 Å². The Morgan fingerprint density at radius 3 is 0.833 bits per heavy atom. The highest BCUT2D eigenvalue weighted by atomic mass is 14.1. The Hall–Kier alpha value is -3.12. The highest BCUT2D eigenvalue weighted by Crippen LogP contribution is 2.33. The fourth-order valence-electron chi connectivity index (χ4n) is 4.93. The van der Waals surface area contributed by atoms with Crippen LogP contribution in [0.5, 0.6) is 0 Å². The average Bonchev–Trinajstić information content (AvgIpc) is 2.67. The molecule has 4 rings (SSSR count). The van der Waals surface area contributed by atoms with E-state index in [2.05, 4.69) is 114 Å². The summed E-state index contributed by atoms with van der Waals surface area (Å²) in [4.78, 5) is 0. The molecule has 4 aromatic rings. The molecule has 0 atom stereocenters. The standard InChI is InChI=1S/C30H30/c1-19-15-21(3)29(22(4)16-19)27-11-7-25(8-12-27)26-9-13-28(14-10-26)30-23(5)17-20(2)18-24(30)6/h7-18H,1-6H3. The van der Waals surface area contributed by atoms with Crippen LogP contribution in [0.4, 0.5) is 0 Å². The van der Waals surface area contributed by atoms with E-state index in [-0.39, 0.29) is 0 Å². The Bertz CT molecular complexity index is 1060. The maximum atomic E-state index is 2.27. The predicted octanol–water partition coefficient (Wildman–Crippen LogP) is 8.54. The van der Waals surface area contributed by atoms with Gasteiger partial charge in [0.25, 0.3) is 0 Å². The predicted molar refractivity (Wildman–Crippen MR) is 131 cm³/mol. The number of aryl methyl sites for hydroxylation is 6. The third-order valence-corrected chi connectivity index (χ3v) is 6.03. The minimum Gasteiger partial charge on any atom is -0.0557 e. The van der Waals surface area contributed by atoms with Gasteiger partial charge in [0.2, 0.25) is 0 Å². The van der Waals surface area contributed by atoms with Gasteiger partial charge in [-0.1, -0.05) is 83.9 Å². The van der Waals surface area contributed by atoms with Crippen LogP contribution in [0.15, 0.2) is 72.8 Å². The van der Waals surface area contributed by atoms with Crippen LogP contribution in [0.3, 0.4) is 0 Å². The van der Waals surface area contributed by atoms with Gasteiger partial charge in [0.15, 0.2) is 0 Å². The molecule has 0 aliphatic heterocycles. The zero-order chi connectivity index (χ0) is 21.4. The van der Waals surface area contributed by atoms with Gasteiger partial charge in [0.05, 0.1) is 0 Å². The Morgan fingerprint density at radius 1 is 0.333 bits per heavy atom. The molecule has 0 saturated heterocycles. The molecular weight excluding hydrogens is 360 g/mol. The van der Waals surface area contributed by atoms with Crippen molar-refractivity contribution in [2.45, 2.75) is 41.5 Å². The van der Waals surface area contributed by atoms with Crippen LogP contribution >= 0.6 is 0 Å². The van der Waals surface area contributed by atoms with Crippen LogP contribution in [0.1, 0.15) is 33.4 Å². The average molecular weight is 391 g/mol. The van der Waals surface area contributed by atoms with Gasteiger partial charge >= 0.3 is 0 Å². The van der Waals surface area contributed by atoms with Gasteiger partial charge in [-0.25, -0.2) is 0 Å². The highest BCUT2D eigenvalue weighted by molar-refractivity contribution is 5.77. The summed E-state index contributed by atoms with van der Waals surface area (Å²) < 4.78 is 0. The summed E-state index contributed by atoms with van der Waals surface area (Å²) >= 11 is 0. The van der Waals surface area contributed by atoms with Gasteiger partial charge in [-0.3, -0.25) is 0 Å². The first-order chi connectivity index (χ1) is 14.3. The molecule has 0 bridgehead atoms. The lowest BCUT2D eigenvalue weighted by atomic mass is 9.91. The molecule has 0 N–H and O–H groups in total. The van der Waals surface area contributed by atoms with Crippen molar-refractivity contribution in [3.63, 3.8) is 0 Å². The SMILES string of the molecule is Cc1cc(C)c(-c2ccc(-c3ccc(-c4c(C)cc(C)cc4C)cc3)cc2)c(C)c1. The molecule has 4 aromatic carbocycles. The molecule has 0 saturated carbocycles. The van der Waals surface area contributed by atoms with Gasteiger partial charge in [0, 0.05) is 0 Å². The molecule has 30 heavy (non-hydrogen) atoms. The maximum absolute atomic E-state index is 2.27. The van der Waals surface area contributed by atoms with Crippen LogP contribution < -0.4 is 0 Å². The van der Waals surface area contributed by atoms with Crippen molar-refractivity contribution in [2.75, 3.05) is 0 Å². The highest BCUT2D eigenvalue weighted by Gasteiger charge is 2.09. The third kappa shape index (κ3) is 3.83. The molecular formula is C30H30. The Labute approximate surface area is 181 Å². The van der Waals surface area contributed by atoms with Crippen molar-refractivity contribution in [1.82, 2.24) is 0 Å². The first kappa shape index (κ1) is 20.2. The van der Waals surface area contributed by atoms with E-state index in [1.54, 1.807) is 0 Å². The molecule has 0 radical (unpaired) electrons. The number of hydrogen-bond donors (Lipinski definition) is 0. The second-order valence-corrected chi connectivity index (χ2v) is 8.70. The number of rotatable bonds is 3. The van der Waals surface area contributed by atoms with Crippen LogP contribution in [0.2, 0.25) is 0 Å². The maximum Gasteiger partial charge on any atom is -0.0125 e. The summed E-state index contributed by atoms with van der Waals surface area (Å²) in [5.74, 6) is 0. The molecule has 0 heteroatoms. The zero-order valence-electron chi connectivity index (χ0n) is 18.9. The molecule has 0 spiro atoms. The monoisotopic (exact) mass is 390 g/mol. The lowest BCUT2D eigenvalue weighted by Gasteiger charge is -2.13. The van der Waals surface area contributed by atoms with E-state index in [1.165, 1.54) is 66.8 Å². The smallest absolute Gasteiger partial charge is 0.0125 e. The van der Waals surface area contributed by atoms with Gasteiger partial charge in [-0.2, -0.15) is 0 Å².